The summed E-state index contributed by atoms with van der Waals surface area (Å²) in [4.78, 5) is 72.9. The number of phosphoric acid groups is 2. The van der Waals surface area contributed by atoms with Gasteiger partial charge in [0, 0.05) is 25.7 Å². The minimum atomic E-state index is -4.96. The van der Waals surface area contributed by atoms with Crippen molar-refractivity contribution < 1.29 is 80.2 Å². The third-order valence-corrected chi connectivity index (χ3v) is 20.6. The van der Waals surface area contributed by atoms with E-state index >= 15 is 0 Å². The van der Waals surface area contributed by atoms with E-state index < -0.39 is 97.5 Å². The highest BCUT2D eigenvalue weighted by Crippen LogP contribution is 2.45. The molecule has 95 heavy (non-hydrogen) atoms. The summed E-state index contributed by atoms with van der Waals surface area (Å²) in [5, 5.41) is 10.6. The van der Waals surface area contributed by atoms with E-state index in [0.29, 0.717) is 25.7 Å². The minimum absolute atomic E-state index is 0.104. The Morgan fingerprint density at radius 2 is 0.505 bits per heavy atom. The molecule has 0 aliphatic rings. The summed E-state index contributed by atoms with van der Waals surface area (Å²) in [7, 11) is -9.92. The van der Waals surface area contributed by atoms with Gasteiger partial charge in [-0.15, -0.1) is 0 Å². The first-order valence-corrected chi connectivity index (χ1v) is 42.3. The van der Waals surface area contributed by atoms with Gasteiger partial charge in [-0.05, 0) is 49.4 Å². The van der Waals surface area contributed by atoms with E-state index in [1.54, 1.807) is 0 Å². The molecular formula is C76H148O17P2. The summed E-state index contributed by atoms with van der Waals surface area (Å²) >= 11 is 0. The largest absolute Gasteiger partial charge is 0.472 e. The van der Waals surface area contributed by atoms with Crippen LogP contribution in [0.2, 0.25) is 0 Å². The van der Waals surface area contributed by atoms with E-state index in [1.807, 2.05) is 0 Å². The van der Waals surface area contributed by atoms with Gasteiger partial charge in [0.2, 0.25) is 0 Å². The molecule has 0 amide bonds. The molecule has 564 valence electrons. The van der Waals surface area contributed by atoms with Gasteiger partial charge >= 0.3 is 39.5 Å². The van der Waals surface area contributed by atoms with Gasteiger partial charge in [0.25, 0.3) is 0 Å². The zero-order valence-electron chi connectivity index (χ0n) is 62.3. The molecule has 0 aromatic heterocycles. The third-order valence-electron chi connectivity index (χ3n) is 18.7. The zero-order chi connectivity index (χ0) is 70.3. The molecule has 0 aromatic rings. The molecule has 19 heteroatoms. The average molecular weight is 1400 g/mol. The van der Waals surface area contributed by atoms with Crippen molar-refractivity contribution in [2.24, 2.45) is 23.7 Å². The summed E-state index contributed by atoms with van der Waals surface area (Å²) in [6.07, 6.45) is 49.7. The molecule has 0 aliphatic heterocycles. The maximum absolute atomic E-state index is 13.1. The lowest BCUT2D eigenvalue weighted by Gasteiger charge is -2.21. The molecule has 0 aliphatic carbocycles. The first-order chi connectivity index (χ1) is 45.7. The molecule has 0 aromatic carbocycles. The van der Waals surface area contributed by atoms with Crippen LogP contribution >= 0.6 is 15.6 Å². The van der Waals surface area contributed by atoms with Crippen molar-refractivity contribution in [3.63, 3.8) is 0 Å². The summed E-state index contributed by atoms with van der Waals surface area (Å²) in [6, 6.07) is 0. The number of aliphatic hydroxyl groups is 1. The molecule has 0 bridgehead atoms. The maximum Gasteiger partial charge on any atom is 0.472 e. The summed E-state index contributed by atoms with van der Waals surface area (Å²) < 4.78 is 68.6. The van der Waals surface area contributed by atoms with Crippen LogP contribution in [0.15, 0.2) is 0 Å². The first kappa shape index (κ1) is 93.1. The number of carbonyl (C=O) groups is 4. The van der Waals surface area contributed by atoms with Crippen molar-refractivity contribution in [2.45, 2.75) is 401 Å². The Morgan fingerprint density at radius 1 is 0.295 bits per heavy atom. The number of hydrogen-bond acceptors (Lipinski definition) is 15. The van der Waals surface area contributed by atoms with Gasteiger partial charge in [0.15, 0.2) is 12.2 Å². The number of esters is 4. The average Bonchev–Trinajstić information content (AvgIpc) is 1.46. The highest BCUT2D eigenvalue weighted by Gasteiger charge is 2.30. The number of carbonyl (C=O) groups excluding carboxylic acids is 4. The second-order valence-corrected chi connectivity index (χ2v) is 31.5. The zero-order valence-corrected chi connectivity index (χ0v) is 64.1. The topological polar surface area (TPSA) is 237 Å². The van der Waals surface area contributed by atoms with Crippen LogP contribution in [0.3, 0.4) is 0 Å². The fraction of sp³-hybridized carbons (Fsp3) is 0.947. The molecular weight excluding hydrogens is 1250 g/mol. The molecule has 5 unspecified atom stereocenters. The minimum Gasteiger partial charge on any atom is -0.462 e. The Balaban J connectivity index is 5.28. The van der Waals surface area contributed by atoms with E-state index in [4.69, 9.17) is 37.0 Å². The Hall–Kier alpha value is -1.94. The fourth-order valence-corrected chi connectivity index (χ4v) is 13.0. The number of unbranched alkanes of at least 4 members (excludes halogenated alkanes) is 36. The third kappa shape index (κ3) is 66.4. The monoisotopic (exact) mass is 1400 g/mol. The van der Waals surface area contributed by atoms with Gasteiger partial charge in [-0.1, -0.05) is 331 Å². The lowest BCUT2D eigenvalue weighted by Crippen LogP contribution is -2.30. The van der Waals surface area contributed by atoms with Gasteiger partial charge in [0.1, 0.15) is 19.3 Å². The highest BCUT2D eigenvalue weighted by atomic mass is 31.2. The van der Waals surface area contributed by atoms with Gasteiger partial charge in [-0.2, -0.15) is 0 Å². The van der Waals surface area contributed by atoms with Gasteiger partial charge < -0.3 is 33.8 Å². The van der Waals surface area contributed by atoms with Crippen LogP contribution < -0.4 is 0 Å². The van der Waals surface area contributed by atoms with Crippen molar-refractivity contribution in [1.82, 2.24) is 0 Å². The van der Waals surface area contributed by atoms with Crippen molar-refractivity contribution in [3.05, 3.63) is 0 Å². The van der Waals surface area contributed by atoms with Crippen LogP contribution in [0, 0.1) is 23.7 Å². The number of hydrogen-bond donors (Lipinski definition) is 3. The summed E-state index contributed by atoms with van der Waals surface area (Å²) in [5.74, 6) is 1.03. The molecule has 0 spiro atoms. The van der Waals surface area contributed by atoms with Gasteiger partial charge in [-0.3, -0.25) is 37.3 Å². The first-order valence-electron chi connectivity index (χ1n) is 39.3. The van der Waals surface area contributed by atoms with Crippen molar-refractivity contribution >= 4 is 39.5 Å². The second-order valence-electron chi connectivity index (χ2n) is 28.6. The van der Waals surface area contributed by atoms with Gasteiger partial charge in [-0.25, -0.2) is 9.13 Å². The number of rotatable bonds is 73. The fourth-order valence-electron chi connectivity index (χ4n) is 11.5. The SMILES string of the molecule is CCC(C)CCCCCCCCCCCCC(=O)OC[C@H](COP(=O)(O)OC[C@@H](O)COP(=O)(O)OC[C@@H](COC(=O)CCCCCCCCCCC(C)CC)OC(=O)CCCCCCCCCCC(C)CC)OC(=O)CCCCCCCCCCCCCCCCC(C)C. The number of ether oxygens (including phenoxy) is 4. The smallest absolute Gasteiger partial charge is 0.462 e. The molecule has 0 fully saturated rings. The Morgan fingerprint density at radius 3 is 0.747 bits per heavy atom. The Labute approximate surface area is 581 Å². The Bertz CT molecular complexity index is 1870. The molecule has 0 radical (unpaired) electrons. The molecule has 8 atom stereocenters. The van der Waals surface area contributed by atoms with E-state index in [2.05, 4.69) is 55.4 Å². The summed E-state index contributed by atoms with van der Waals surface area (Å²) in [6.45, 7) is 14.3. The standard InChI is InChI=1S/C76H148O17P2/c1-9-67(6)53-45-37-29-21-18-19-22-32-40-48-56-73(78)86-62-71(92-75(80)58-50-42-34-23-17-15-13-12-14-16-20-28-36-44-52-66(4)5)64-90-94(82,83)88-60-70(77)61-89-95(84,85)91-65-72(93-76(81)59-51-43-35-27-25-31-39-47-55-69(8)11-3)63-87-74(79)57-49-41-33-26-24-30-38-46-54-68(7)10-2/h66-72,77H,9-65H2,1-8H3,(H,82,83)(H,84,85)/t67?,68?,69?,70-,71-,72-/m1/s1. The van der Waals surface area contributed by atoms with Crippen LogP contribution in [0.4, 0.5) is 0 Å². The highest BCUT2D eigenvalue weighted by molar-refractivity contribution is 7.47. The van der Waals surface area contributed by atoms with Crippen molar-refractivity contribution in [2.75, 3.05) is 39.6 Å². The molecule has 0 rings (SSSR count). The van der Waals surface area contributed by atoms with Crippen molar-refractivity contribution in [3.8, 4) is 0 Å². The number of phosphoric ester groups is 2. The van der Waals surface area contributed by atoms with E-state index in [9.17, 15) is 43.2 Å². The Kier molecular flexibility index (Phi) is 64.0. The molecule has 17 nitrogen and oxygen atoms in total. The molecule has 0 saturated carbocycles. The van der Waals surface area contributed by atoms with Crippen LogP contribution in [0.5, 0.6) is 0 Å². The maximum atomic E-state index is 13.1. The van der Waals surface area contributed by atoms with Gasteiger partial charge in [0.05, 0.1) is 26.4 Å². The quantitative estimate of drug-likeness (QED) is 0.0222. The number of aliphatic hydroxyl groups excluding tert-OH is 1. The predicted octanol–water partition coefficient (Wildman–Crippen LogP) is 22.0. The van der Waals surface area contributed by atoms with Crippen molar-refractivity contribution in [1.29, 1.82) is 0 Å². The van der Waals surface area contributed by atoms with E-state index in [0.717, 1.165) is 114 Å². The summed E-state index contributed by atoms with van der Waals surface area (Å²) in [5.41, 5.74) is 0. The van der Waals surface area contributed by atoms with Crippen LogP contribution in [-0.4, -0.2) is 96.7 Å². The van der Waals surface area contributed by atoms with E-state index in [1.165, 1.54) is 186 Å². The van der Waals surface area contributed by atoms with E-state index in [-0.39, 0.29) is 25.7 Å². The lowest BCUT2D eigenvalue weighted by atomic mass is 9.99. The molecule has 3 N–H and O–H groups in total. The predicted molar refractivity (Wildman–Crippen MR) is 386 cm³/mol. The second kappa shape index (κ2) is 65.4. The normalized spacial score (nSPS) is 15.0. The molecule has 0 saturated heterocycles. The van der Waals surface area contributed by atoms with Crippen LogP contribution in [0.1, 0.15) is 383 Å². The lowest BCUT2D eigenvalue weighted by molar-refractivity contribution is -0.161. The van der Waals surface area contributed by atoms with Crippen LogP contribution in [-0.2, 0) is 65.4 Å². The van der Waals surface area contributed by atoms with Crippen LogP contribution in [0.25, 0.3) is 0 Å². The molecule has 0 heterocycles.